The van der Waals surface area contributed by atoms with E-state index in [0.29, 0.717) is 51.6 Å². The molecule has 3 aliphatic heterocycles. The Balaban J connectivity index is 1.31. The molecule has 208 valence electrons. The average molecular weight is 526 g/mol. The molecule has 4 rings (SSSR count). The van der Waals surface area contributed by atoms with E-state index in [1.54, 1.807) is 11.8 Å². The van der Waals surface area contributed by atoms with Crippen molar-refractivity contribution in [1.29, 1.82) is 0 Å². The second kappa shape index (κ2) is 12.6. The second-order valence-corrected chi connectivity index (χ2v) is 11.0. The first-order chi connectivity index (χ1) is 18.3. The molecule has 9 nitrogen and oxygen atoms in total. The van der Waals surface area contributed by atoms with Crippen molar-refractivity contribution in [2.75, 3.05) is 39.3 Å². The molecular weight excluding hydrogens is 482 g/mol. The van der Waals surface area contributed by atoms with Crippen LogP contribution >= 0.6 is 0 Å². The lowest BCUT2D eigenvalue weighted by Crippen LogP contribution is -2.54. The Bertz CT molecular complexity index is 1010. The number of carbonyl (C=O) groups is 3. The maximum atomic E-state index is 14.0. The lowest BCUT2D eigenvalue weighted by Gasteiger charge is -2.41. The van der Waals surface area contributed by atoms with Gasteiger partial charge in [0.15, 0.2) is 5.96 Å². The number of nitrogens with two attached hydrogens (primary N) is 1. The number of guanidine groups is 1. The van der Waals surface area contributed by atoms with Crippen LogP contribution in [0.1, 0.15) is 65.2 Å². The topological polar surface area (TPSA) is 109 Å². The van der Waals surface area contributed by atoms with Crippen LogP contribution < -0.4 is 10.5 Å². The Labute approximate surface area is 226 Å². The average Bonchev–Trinajstić information content (AvgIpc) is 3.18. The van der Waals surface area contributed by atoms with Gasteiger partial charge in [0.1, 0.15) is 11.3 Å². The minimum atomic E-state index is -0.871. The van der Waals surface area contributed by atoms with Gasteiger partial charge in [-0.15, -0.1) is 0 Å². The van der Waals surface area contributed by atoms with E-state index in [4.69, 9.17) is 15.5 Å². The first kappa shape index (κ1) is 27.9. The molecule has 3 aliphatic rings. The highest BCUT2D eigenvalue weighted by Crippen LogP contribution is 2.40. The van der Waals surface area contributed by atoms with E-state index in [1.807, 2.05) is 40.1 Å². The summed E-state index contributed by atoms with van der Waals surface area (Å²) in [6.07, 6.45) is 6.27. The summed E-state index contributed by atoms with van der Waals surface area (Å²) in [5, 5.41) is 0. The Kier molecular flexibility index (Phi) is 9.28. The summed E-state index contributed by atoms with van der Waals surface area (Å²) >= 11 is 0. The van der Waals surface area contributed by atoms with Gasteiger partial charge in [-0.1, -0.05) is 38.0 Å². The van der Waals surface area contributed by atoms with Crippen LogP contribution in [0.25, 0.3) is 0 Å². The molecule has 2 fully saturated rings. The zero-order valence-electron chi connectivity index (χ0n) is 22.9. The Morgan fingerprint density at radius 1 is 1.11 bits per heavy atom. The van der Waals surface area contributed by atoms with Crippen LogP contribution in [0.3, 0.4) is 0 Å². The number of aliphatic imine (C=N–C) groups is 1. The minimum Gasteiger partial charge on any atom is -0.493 e. The molecule has 3 heterocycles. The molecule has 2 atom stereocenters. The van der Waals surface area contributed by atoms with Gasteiger partial charge in [0.25, 0.3) is 5.91 Å². The fraction of sp³-hybridized carbons (Fsp3) is 0.655. The molecule has 0 spiro atoms. The molecular formula is C29H43N5O4. The van der Waals surface area contributed by atoms with Crippen molar-refractivity contribution >= 4 is 23.7 Å². The second-order valence-electron chi connectivity index (χ2n) is 11.0. The van der Waals surface area contributed by atoms with Gasteiger partial charge in [-0.2, -0.15) is 0 Å². The molecule has 2 unspecified atom stereocenters. The van der Waals surface area contributed by atoms with Crippen LogP contribution in [-0.4, -0.2) is 83.3 Å². The SMILES string of the molecule is CCCCC1(C2CCCN(C(C)=O)C2)N=C(N)N(CC2CCN(C(=O)CCOc3ccccc3)CC2)C1=O. The van der Waals surface area contributed by atoms with E-state index in [1.165, 1.54) is 0 Å². The lowest BCUT2D eigenvalue weighted by molar-refractivity contribution is -0.138. The van der Waals surface area contributed by atoms with E-state index in [-0.39, 0.29) is 29.6 Å². The van der Waals surface area contributed by atoms with Crippen molar-refractivity contribution in [2.24, 2.45) is 22.6 Å². The number of rotatable bonds is 10. The normalized spacial score (nSPS) is 24.5. The number of piperidine rings is 2. The molecule has 38 heavy (non-hydrogen) atoms. The quantitative estimate of drug-likeness (QED) is 0.505. The predicted octanol–water partition coefficient (Wildman–Crippen LogP) is 3.04. The van der Waals surface area contributed by atoms with Crippen molar-refractivity contribution in [3.05, 3.63) is 30.3 Å². The maximum absolute atomic E-state index is 14.0. The van der Waals surface area contributed by atoms with E-state index in [9.17, 15) is 14.4 Å². The standard InChI is InChI=1S/C29H43N5O4/c1-3-4-15-29(24-9-8-16-33(21-24)22(2)35)27(37)34(28(30)31-29)20-23-12-17-32(18-13-23)26(36)14-19-38-25-10-6-5-7-11-25/h5-7,10-11,23-24H,3-4,8-9,12-21H2,1-2H3,(H2,30,31). The molecule has 0 aromatic heterocycles. The van der Waals surface area contributed by atoms with Gasteiger partial charge >= 0.3 is 0 Å². The Morgan fingerprint density at radius 2 is 1.84 bits per heavy atom. The zero-order valence-corrected chi connectivity index (χ0v) is 22.9. The van der Waals surface area contributed by atoms with Gasteiger partial charge in [-0.3, -0.25) is 19.3 Å². The molecule has 2 saturated heterocycles. The number of nitrogens with zero attached hydrogens (tertiary/aromatic N) is 4. The minimum absolute atomic E-state index is 0.00424. The number of unbranched alkanes of at least 4 members (excludes halogenated alkanes) is 1. The monoisotopic (exact) mass is 525 g/mol. The predicted molar refractivity (Wildman–Crippen MR) is 146 cm³/mol. The number of amides is 3. The van der Waals surface area contributed by atoms with Gasteiger partial charge in [-0.05, 0) is 50.2 Å². The molecule has 3 amide bonds. The zero-order chi connectivity index (χ0) is 27.1. The summed E-state index contributed by atoms with van der Waals surface area (Å²) in [5.41, 5.74) is 5.54. The highest BCUT2D eigenvalue weighted by atomic mass is 16.5. The van der Waals surface area contributed by atoms with E-state index >= 15 is 0 Å². The van der Waals surface area contributed by atoms with Gasteiger partial charge in [0.2, 0.25) is 11.8 Å². The lowest BCUT2D eigenvalue weighted by atomic mass is 9.75. The van der Waals surface area contributed by atoms with E-state index < -0.39 is 5.54 Å². The number of carbonyl (C=O) groups excluding carboxylic acids is 3. The smallest absolute Gasteiger partial charge is 0.257 e. The maximum Gasteiger partial charge on any atom is 0.257 e. The summed E-state index contributed by atoms with van der Waals surface area (Å²) in [6, 6.07) is 9.52. The highest BCUT2D eigenvalue weighted by Gasteiger charge is 2.53. The first-order valence-electron chi connectivity index (χ1n) is 14.2. The Morgan fingerprint density at radius 3 is 2.53 bits per heavy atom. The number of hydrogen-bond donors (Lipinski definition) is 1. The first-order valence-corrected chi connectivity index (χ1v) is 14.2. The third kappa shape index (κ3) is 6.30. The molecule has 1 aromatic rings. The third-order valence-corrected chi connectivity index (χ3v) is 8.40. The number of ether oxygens (including phenoxy) is 1. The van der Waals surface area contributed by atoms with Gasteiger partial charge in [0, 0.05) is 45.6 Å². The van der Waals surface area contributed by atoms with Gasteiger partial charge in [0.05, 0.1) is 13.0 Å². The molecule has 0 saturated carbocycles. The van der Waals surface area contributed by atoms with Crippen molar-refractivity contribution in [1.82, 2.24) is 14.7 Å². The van der Waals surface area contributed by atoms with Crippen LogP contribution in [0.5, 0.6) is 5.75 Å². The van der Waals surface area contributed by atoms with E-state index in [0.717, 1.165) is 50.8 Å². The fourth-order valence-corrected chi connectivity index (χ4v) is 6.11. The Hall–Kier alpha value is -3.10. The van der Waals surface area contributed by atoms with Crippen LogP contribution in [0.4, 0.5) is 0 Å². The molecule has 0 aliphatic carbocycles. The highest BCUT2D eigenvalue weighted by molar-refractivity contribution is 6.07. The molecule has 2 N–H and O–H groups in total. The number of para-hydroxylation sites is 1. The number of benzene rings is 1. The molecule has 0 bridgehead atoms. The van der Waals surface area contributed by atoms with Crippen molar-refractivity contribution < 1.29 is 19.1 Å². The molecule has 1 aromatic carbocycles. The van der Waals surface area contributed by atoms with Crippen molar-refractivity contribution in [2.45, 2.75) is 70.8 Å². The van der Waals surface area contributed by atoms with Crippen LogP contribution in [0.2, 0.25) is 0 Å². The molecule has 9 heteroatoms. The summed E-state index contributed by atoms with van der Waals surface area (Å²) in [4.78, 5) is 49.0. The number of likely N-dealkylation sites (tertiary alicyclic amines) is 2. The van der Waals surface area contributed by atoms with Crippen molar-refractivity contribution in [3.8, 4) is 5.75 Å². The number of hydrogen-bond acceptors (Lipinski definition) is 6. The van der Waals surface area contributed by atoms with Crippen LogP contribution in [0, 0.1) is 11.8 Å². The van der Waals surface area contributed by atoms with Crippen molar-refractivity contribution in [3.63, 3.8) is 0 Å². The van der Waals surface area contributed by atoms with Crippen LogP contribution in [-0.2, 0) is 14.4 Å². The summed E-state index contributed by atoms with van der Waals surface area (Å²) in [6.45, 7) is 7.24. The third-order valence-electron chi connectivity index (χ3n) is 8.40. The largest absolute Gasteiger partial charge is 0.493 e. The summed E-state index contributed by atoms with van der Waals surface area (Å²) in [7, 11) is 0. The van der Waals surface area contributed by atoms with Gasteiger partial charge in [-0.25, -0.2) is 4.99 Å². The fourth-order valence-electron chi connectivity index (χ4n) is 6.11. The summed E-state index contributed by atoms with van der Waals surface area (Å²) in [5.74, 6) is 1.47. The van der Waals surface area contributed by atoms with E-state index in [2.05, 4.69) is 6.92 Å². The van der Waals surface area contributed by atoms with Gasteiger partial charge < -0.3 is 20.3 Å². The molecule has 0 radical (unpaired) electrons. The summed E-state index contributed by atoms with van der Waals surface area (Å²) < 4.78 is 5.68. The van der Waals surface area contributed by atoms with Crippen LogP contribution in [0.15, 0.2) is 35.3 Å².